The van der Waals surface area contributed by atoms with Crippen molar-refractivity contribution in [1.82, 2.24) is 9.97 Å². The van der Waals surface area contributed by atoms with E-state index in [1.807, 2.05) is 0 Å². The smallest absolute Gasteiger partial charge is 0.159 e. The zero-order valence-corrected chi connectivity index (χ0v) is 22.9. The molecule has 3 nitrogen and oxygen atoms in total. The van der Waals surface area contributed by atoms with Crippen molar-refractivity contribution >= 4 is 0 Å². The van der Waals surface area contributed by atoms with Gasteiger partial charge in [-0.3, -0.25) is 0 Å². The number of hydrogen-bond donors (Lipinski definition) is 0. The molecule has 2 aromatic rings. The fraction of sp³-hybridized carbons (Fsp3) is 0.636. The zero-order chi connectivity index (χ0) is 25.1. The molecule has 2 bridgehead atoms. The average molecular weight is 489 g/mol. The third-order valence-corrected chi connectivity index (χ3v) is 9.08. The Morgan fingerprint density at radius 3 is 2.06 bits per heavy atom. The minimum absolute atomic E-state index is 0.408. The highest BCUT2D eigenvalue weighted by molar-refractivity contribution is 5.56. The quantitative estimate of drug-likeness (QED) is 0.185. The number of ether oxygens (including phenoxy) is 1. The highest BCUT2D eigenvalue weighted by Gasteiger charge is 2.48. The van der Waals surface area contributed by atoms with Crippen LogP contribution in [0.25, 0.3) is 11.4 Å². The number of unbranched alkanes of at least 4 members (excludes halogenated alkanes) is 7. The number of allylic oxidation sites excluding steroid dienone is 1. The van der Waals surface area contributed by atoms with Gasteiger partial charge >= 0.3 is 0 Å². The summed E-state index contributed by atoms with van der Waals surface area (Å²) in [7, 11) is 0. The van der Waals surface area contributed by atoms with Crippen LogP contribution in [0.5, 0.6) is 5.75 Å². The maximum Gasteiger partial charge on any atom is 0.159 e. The summed E-state index contributed by atoms with van der Waals surface area (Å²) in [6.45, 7) is 5.11. The molecule has 3 heteroatoms. The van der Waals surface area contributed by atoms with Gasteiger partial charge in [-0.1, -0.05) is 95.2 Å². The predicted molar refractivity (Wildman–Crippen MR) is 151 cm³/mol. The molecule has 1 aromatic carbocycles. The van der Waals surface area contributed by atoms with Crippen LogP contribution < -0.4 is 4.74 Å². The fourth-order valence-electron chi connectivity index (χ4n) is 6.53. The van der Waals surface area contributed by atoms with Crippen LogP contribution in [0.1, 0.15) is 122 Å². The number of benzene rings is 1. The third kappa shape index (κ3) is 6.99. The summed E-state index contributed by atoms with van der Waals surface area (Å²) in [6, 6.07) is 9.16. The fourth-order valence-corrected chi connectivity index (χ4v) is 6.53. The van der Waals surface area contributed by atoms with Gasteiger partial charge in [0.2, 0.25) is 0 Å². The van der Waals surface area contributed by atoms with E-state index in [2.05, 4.69) is 60.2 Å². The Morgan fingerprint density at radius 2 is 1.39 bits per heavy atom. The van der Waals surface area contributed by atoms with Crippen LogP contribution in [0.4, 0.5) is 0 Å². The second kappa shape index (κ2) is 13.4. The van der Waals surface area contributed by atoms with E-state index < -0.39 is 0 Å². The molecule has 0 radical (unpaired) electrons. The van der Waals surface area contributed by atoms with Gasteiger partial charge in [0.25, 0.3) is 0 Å². The molecular weight excluding hydrogens is 440 g/mol. The second-order valence-electron chi connectivity index (χ2n) is 11.5. The highest BCUT2D eigenvalue weighted by Crippen LogP contribution is 2.59. The monoisotopic (exact) mass is 488 g/mol. The number of nitrogens with zero attached hydrogens (tertiary/aromatic N) is 2. The SMILES string of the molecule is CCCCCC=CCOc1cnc(-c2ccc(C34CCC(CCCCCCC)(CC3)CC4)cc2)nc1. The summed E-state index contributed by atoms with van der Waals surface area (Å²) in [5.41, 5.74) is 3.69. The Labute approximate surface area is 220 Å². The number of fused-ring (bicyclic) bond motifs is 3. The van der Waals surface area contributed by atoms with Crippen molar-refractivity contribution in [2.24, 2.45) is 5.41 Å². The molecular formula is C33H48N2O. The Hall–Kier alpha value is -2.16. The Kier molecular flexibility index (Phi) is 10.0. The van der Waals surface area contributed by atoms with Crippen molar-refractivity contribution in [2.45, 2.75) is 122 Å². The predicted octanol–water partition coefficient (Wildman–Crippen LogP) is 9.61. The van der Waals surface area contributed by atoms with E-state index in [1.54, 1.807) is 12.4 Å². The van der Waals surface area contributed by atoms with Gasteiger partial charge in [-0.05, 0) is 74.2 Å². The van der Waals surface area contributed by atoms with Crippen LogP contribution >= 0.6 is 0 Å². The molecule has 0 unspecified atom stereocenters. The van der Waals surface area contributed by atoms with E-state index in [1.165, 1.54) is 102 Å². The first-order chi connectivity index (χ1) is 17.7. The van der Waals surface area contributed by atoms with Crippen molar-refractivity contribution in [3.8, 4) is 17.1 Å². The van der Waals surface area contributed by atoms with E-state index >= 15 is 0 Å². The summed E-state index contributed by atoms with van der Waals surface area (Å²) in [6.07, 6.45) is 29.8. The number of aromatic nitrogens is 2. The Balaban J connectivity index is 1.26. The molecule has 36 heavy (non-hydrogen) atoms. The summed E-state index contributed by atoms with van der Waals surface area (Å²) in [4.78, 5) is 9.14. The van der Waals surface area contributed by atoms with Crippen molar-refractivity contribution < 1.29 is 4.74 Å². The lowest BCUT2D eigenvalue weighted by molar-refractivity contribution is 0.0304. The molecule has 3 saturated carbocycles. The Bertz CT molecular complexity index is 907. The van der Waals surface area contributed by atoms with Gasteiger partial charge in [0.05, 0.1) is 12.4 Å². The van der Waals surface area contributed by atoms with Crippen LogP contribution in [-0.4, -0.2) is 16.6 Å². The van der Waals surface area contributed by atoms with Gasteiger partial charge in [0.1, 0.15) is 6.61 Å². The third-order valence-electron chi connectivity index (χ3n) is 9.08. The first-order valence-electron chi connectivity index (χ1n) is 14.9. The molecule has 3 fully saturated rings. The van der Waals surface area contributed by atoms with Gasteiger partial charge in [-0.2, -0.15) is 0 Å². The van der Waals surface area contributed by atoms with E-state index in [0.29, 0.717) is 17.4 Å². The molecule has 1 aromatic heterocycles. The summed E-state index contributed by atoms with van der Waals surface area (Å²) in [5.74, 6) is 1.50. The topological polar surface area (TPSA) is 35.0 Å². The average Bonchev–Trinajstić information content (AvgIpc) is 2.94. The van der Waals surface area contributed by atoms with Gasteiger partial charge in [-0.15, -0.1) is 0 Å². The molecule has 3 aliphatic rings. The van der Waals surface area contributed by atoms with Crippen LogP contribution in [0.15, 0.2) is 48.8 Å². The van der Waals surface area contributed by atoms with Gasteiger partial charge < -0.3 is 4.74 Å². The molecule has 0 saturated heterocycles. The molecule has 0 atom stereocenters. The molecule has 0 aliphatic heterocycles. The highest BCUT2D eigenvalue weighted by atomic mass is 16.5. The van der Waals surface area contributed by atoms with Crippen LogP contribution in [0.3, 0.4) is 0 Å². The summed E-state index contributed by atoms with van der Waals surface area (Å²) >= 11 is 0. The van der Waals surface area contributed by atoms with E-state index in [9.17, 15) is 0 Å². The van der Waals surface area contributed by atoms with Gasteiger partial charge in [0.15, 0.2) is 11.6 Å². The van der Waals surface area contributed by atoms with Crippen LogP contribution in [-0.2, 0) is 5.41 Å². The number of hydrogen-bond acceptors (Lipinski definition) is 3. The van der Waals surface area contributed by atoms with E-state index in [4.69, 9.17) is 4.74 Å². The molecule has 0 N–H and O–H groups in total. The lowest BCUT2D eigenvalue weighted by atomic mass is 9.51. The summed E-state index contributed by atoms with van der Waals surface area (Å²) in [5, 5.41) is 0. The maximum atomic E-state index is 5.77. The molecule has 3 aliphatic carbocycles. The molecule has 0 spiro atoms. The van der Waals surface area contributed by atoms with Crippen LogP contribution in [0.2, 0.25) is 0 Å². The van der Waals surface area contributed by atoms with Crippen molar-refractivity contribution in [3.63, 3.8) is 0 Å². The van der Waals surface area contributed by atoms with Gasteiger partial charge in [0, 0.05) is 5.56 Å². The van der Waals surface area contributed by atoms with Crippen molar-refractivity contribution in [2.75, 3.05) is 6.61 Å². The number of rotatable bonds is 15. The first-order valence-corrected chi connectivity index (χ1v) is 14.9. The van der Waals surface area contributed by atoms with Crippen molar-refractivity contribution in [3.05, 3.63) is 54.4 Å². The molecule has 0 amide bonds. The standard InChI is InChI=1S/C33H48N2O/c1-3-5-7-9-11-13-25-36-30-26-34-31(35-27-30)28-14-16-29(17-15-28)33-22-19-32(20-23-33,21-24-33)18-12-10-8-6-4-2/h11,13-17,26-27H,3-10,12,18-25H2,1-2H3. The largest absolute Gasteiger partial charge is 0.486 e. The molecule has 1 heterocycles. The maximum absolute atomic E-state index is 5.77. The van der Waals surface area contributed by atoms with E-state index in [-0.39, 0.29) is 0 Å². The minimum atomic E-state index is 0.408. The first kappa shape index (κ1) is 26.9. The summed E-state index contributed by atoms with van der Waals surface area (Å²) < 4.78 is 5.77. The Morgan fingerprint density at radius 1 is 0.750 bits per heavy atom. The van der Waals surface area contributed by atoms with E-state index in [0.717, 1.165) is 23.6 Å². The lowest BCUT2D eigenvalue weighted by Crippen LogP contribution is -2.44. The zero-order valence-electron chi connectivity index (χ0n) is 22.9. The van der Waals surface area contributed by atoms with Crippen LogP contribution in [0, 0.1) is 5.41 Å². The molecule has 5 rings (SSSR count). The minimum Gasteiger partial charge on any atom is -0.486 e. The molecule has 196 valence electrons. The second-order valence-corrected chi connectivity index (χ2v) is 11.5. The van der Waals surface area contributed by atoms with Gasteiger partial charge in [-0.25, -0.2) is 9.97 Å². The lowest BCUT2D eigenvalue weighted by Gasteiger charge is -2.54. The normalized spacial score (nSPS) is 23.4. The van der Waals surface area contributed by atoms with Crippen molar-refractivity contribution in [1.29, 1.82) is 0 Å².